The minimum atomic E-state index is -2.61. The van der Waals surface area contributed by atoms with E-state index in [4.69, 9.17) is 23.2 Å². The first-order valence-electron chi connectivity index (χ1n) is 3.13. The summed E-state index contributed by atoms with van der Waals surface area (Å²) in [6.45, 7) is 1.51. The Bertz CT molecular complexity index is 302. The maximum Gasteiger partial charge on any atom is 0.280 e. The van der Waals surface area contributed by atoms with E-state index in [9.17, 15) is 8.78 Å². The summed E-state index contributed by atoms with van der Waals surface area (Å²) in [4.78, 5) is 3.46. The molecule has 0 N–H and O–H groups in total. The van der Waals surface area contributed by atoms with Gasteiger partial charge in [0.2, 0.25) is 0 Å². The molecule has 0 bridgehead atoms. The zero-order valence-corrected chi connectivity index (χ0v) is 7.63. The fourth-order valence-electron chi connectivity index (χ4n) is 0.792. The highest BCUT2D eigenvalue weighted by Gasteiger charge is 2.14. The lowest BCUT2D eigenvalue weighted by Crippen LogP contribution is -1.95. The monoisotopic (exact) mass is 211 g/mol. The summed E-state index contributed by atoms with van der Waals surface area (Å²) in [5.74, 6) is 0. The number of hydrogen-bond acceptors (Lipinski definition) is 1. The number of rotatable bonds is 1. The first-order valence-corrected chi connectivity index (χ1v) is 3.88. The molecule has 0 saturated heterocycles. The van der Waals surface area contributed by atoms with Gasteiger partial charge in [0, 0.05) is 0 Å². The lowest BCUT2D eigenvalue weighted by Gasteiger charge is -2.04. The van der Waals surface area contributed by atoms with E-state index >= 15 is 0 Å². The summed E-state index contributed by atoms with van der Waals surface area (Å²) in [6, 6.07) is 1.37. The van der Waals surface area contributed by atoms with Gasteiger partial charge in [0.25, 0.3) is 6.43 Å². The van der Waals surface area contributed by atoms with Crippen LogP contribution in [-0.2, 0) is 0 Å². The first kappa shape index (κ1) is 9.68. The molecule has 0 aliphatic heterocycles. The summed E-state index contributed by atoms with van der Waals surface area (Å²) >= 11 is 11.0. The van der Waals surface area contributed by atoms with Crippen LogP contribution < -0.4 is 0 Å². The molecule has 1 rings (SSSR count). The van der Waals surface area contributed by atoms with Gasteiger partial charge in [0.1, 0.15) is 10.8 Å². The lowest BCUT2D eigenvalue weighted by molar-refractivity contribution is 0.145. The quantitative estimate of drug-likeness (QED) is 0.647. The molecule has 0 atom stereocenters. The Kier molecular flexibility index (Phi) is 2.85. The Morgan fingerprint density at radius 2 is 2.00 bits per heavy atom. The van der Waals surface area contributed by atoms with Gasteiger partial charge in [-0.25, -0.2) is 13.8 Å². The van der Waals surface area contributed by atoms with Crippen LogP contribution in [0.2, 0.25) is 10.2 Å². The van der Waals surface area contributed by atoms with Crippen molar-refractivity contribution >= 4 is 23.2 Å². The van der Waals surface area contributed by atoms with Crippen molar-refractivity contribution in [3.8, 4) is 0 Å². The van der Waals surface area contributed by atoms with Crippen molar-refractivity contribution in [2.75, 3.05) is 0 Å². The third-order valence-corrected chi connectivity index (χ3v) is 2.04. The van der Waals surface area contributed by atoms with Crippen LogP contribution in [-0.4, -0.2) is 4.98 Å². The predicted molar refractivity (Wildman–Crippen MR) is 44.0 cm³/mol. The molecule has 0 saturated carbocycles. The highest BCUT2D eigenvalue weighted by atomic mass is 35.5. The molecular formula is C7H5Cl2F2N. The van der Waals surface area contributed by atoms with Crippen molar-refractivity contribution in [2.24, 2.45) is 0 Å². The molecule has 0 aliphatic rings. The number of alkyl halides is 2. The van der Waals surface area contributed by atoms with Crippen molar-refractivity contribution in [1.29, 1.82) is 0 Å². The number of halogens is 4. The van der Waals surface area contributed by atoms with Gasteiger partial charge in [0.15, 0.2) is 0 Å². The fraction of sp³-hybridized carbons (Fsp3) is 0.286. The van der Waals surface area contributed by atoms with Crippen LogP contribution in [0.15, 0.2) is 6.07 Å². The summed E-state index contributed by atoms with van der Waals surface area (Å²) in [6.07, 6.45) is -2.61. The number of nitrogens with zero attached hydrogens (tertiary/aromatic N) is 1. The molecular weight excluding hydrogens is 207 g/mol. The van der Waals surface area contributed by atoms with Crippen molar-refractivity contribution in [3.05, 3.63) is 27.5 Å². The summed E-state index contributed by atoms with van der Waals surface area (Å²) in [7, 11) is 0. The summed E-state index contributed by atoms with van der Waals surface area (Å²) in [5.41, 5.74) is 0.0313. The van der Waals surface area contributed by atoms with E-state index in [1.54, 1.807) is 0 Å². The van der Waals surface area contributed by atoms with E-state index < -0.39 is 6.43 Å². The van der Waals surface area contributed by atoms with Crippen LogP contribution >= 0.6 is 23.2 Å². The topological polar surface area (TPSA) is 12.9 Å². The van der Waals surface area contributed by atoms with E-state index in [-0.39, 0.29) is 15.9 Å². The lowest BCUT2D eigenvalue weighted by atomic mass is 10.2. The minimum Gasteiger partial charge on any atom is -0.233 e. The number of pyridine rings is 1. The highest BCUT2D eigenvalue weighted by Crippen LogP contribution is 2.27. The van der Waals surface area contributed by atoms with Crippen LogP contribution in [0.4, 0.5) is 8.78 Å². The smallest absolute Gasteiger partial charge is 0.233 e. The molecule has 0 unspecified atom stereocenters. The molecule has 0 fully saturated rings. The van der Waals surface area contributed by atoms with Crippen LogP contribution in [0.5, 0.6) is 0 Å². The maximum absolute atomic E-state index is 12.2. The molecule has 1 nitrogen and oxygen atoms in total. The van der Waals surface area contributed by atoms with Crippen molar-refractivity contribution < 1.29 is 8.78 Å². The molecule has 0 aromatic carbocycles. The Labute approximate surface area is 78.3 Å². The van der Waals surface area contributed by atoms with E-state index in [1.807, 2.05) is 0 Å². The van der Waals surface area contributed by atoms with Gasteiger partial charge in [-0.05, 0) is 18.6 Å². The molecule has 0 radical (unpaired) electrons. The number of hydrogen-bond donors (Lipinski definition) is 0. The van der Waals surface area contributed by atoms with Crippen LogP contribution in [0.3, 0.4) is 0 Å². The third kappa shape index (κ3) is 1.84. The van der Waals surface area contributed by atoms with Crippen LogP contribution in [0.1, 0.15) is 17.7 Å². The average molecular weight is 212 g/mol. The Morgan fingerprint density at radius 3 is 2.50 bits per heavy atom. The largest absolute Gasteiger partial charge is 0.280 e. The standard InChI is InChI=1S/C7H5Cl2F2N/c1-3-2-4(8)6(9)12-5(3)7(10)11/h2,7H,1H3. The molecule has 66 valence electrons. The zero-order valence-electron chi connectivity index (χ0n) is 6.11. The van der Waals surface area contributed by atoms with Crippen molar-refractivity contribution in [3.63, 3.8) is 0 Å². The molecule has 0 spiro atoms. The maximum atomic E-state index is 12.2. The summed E-state index contributed by atoms with van der Waals surface area (Å²) in [5, 5.41) is 0.108. The van der Waals surface area contributed by atoms with E-state index in [1.165, 1.54) is 13.0 Å². The van der Waals surface area contributed by atoms with Gasteiger partial charge in [0.05, 0.1) is 5.02 Å². The van der Waals surface area contributed by atoms with Gasteiger partial charge in [-0.2, -0.15) is 0 Å². The Morgan fingerprint density at radius 1 is 1.42 bits per heavy atom. The Balaban J connectivity index is 3.23. The second-order valence-corrected chi connectivity index (χ2v) is 3.03. The first-order chi connectivity index (χ1) is 5.52. The van der Waals surface area contributed by atoms with Gasteiger partial charge in [-0.3, -0.25) is 0 Å². The molecule has 1 aromatic heterocycles. The zero-order chi connectivity index (χ0) is 9.30. The predicted octanol–water partition coefficient (Wildman–Crippen LogP) is 3.63. The van der Waals surface area contributed by atoms with E-state index in [0.29, 0.717) is 5.56 Å². The highest BCUT2D eigenvalue weighted by molar-refractivity contribution is 6.41. The summed E-state index contributed by atoms with van der Waals surface area (Å²) < 4.78 is 24.4. The molecule has 5 heteroatoms. The Hall–Kier alpha value is -0.410. The number of aromatic nitrogens is 1. The fourth-order valence-corrected chi connectivity index (χ4v) is 1.14. The molecule has 0 aliphatic carbocycles. The third-order valence-electron chi connectivity index (χ3n) is 1.37. The molecule has 1 aromatic rings. The van der Waals surface area contributed by atoms with Crippen LogP contribution in [0.25, 0.3) is 0 Å². The SMILES string of the molecule is Cc1cc(Cl)c(Cl)nc1C(F)F. The van der Waals surface area contributed by atoms with Gasteiger partial charge in [-0.1, -0.05) is 23.2 Å². The molecule has 12 heavy (non-hydrogen) atoms. The van der Waals surface area contributed by atoms with Gasteiger partial charge >= 0.3 is 0 Å². The van der Waals surface area contributed by atoms with Crippen molar-refractivity contribution in [2.45, 2.75) is 13.3 Å². The van der Waals surface area contributed by atoms with Crippen LogP contribution in [0, 0.1) is 6.92 Å². The normalized spacial score (nSPS) is 10.8. The number of aryl methyl sites for hydroxylation is 1. The second kappa shape index (κ2) is 3.54. The average Bonchev–Trinajstić information content (AvgIpc) is 1.96. The second-order valence-electron chi connectivity index (χ2n) is 2.26. The molecule has 0 amide bonds. The van der Waals surface area contributed by atoms with E-state index in [2.05, 4.69) is 4.98 Å². The van der Waals surface area contributed by atoms with Crippen molar-refractivity contribution in [1.82, 2.24) is 4.98 Å². The minimum absolute atomic E-state index is 0.0856. The van der Waals surface area contributed by atoms with Gasteiger partial charge in [-0.15, -0.1) is 0 Å². The van der Waals surface area contributed by atoms with Gasteiger partial charge < -0.3 is 0 Å². The molecule has 1 heterocycles. The van der Waals surface area contributed by atoms with E-state index in [0.717, 1.165) is 0 Å².